The van der Waals surface area contributed by atoms with Gasteiger partial charge in [0.1, 0.15) is 13.1 Å². The van der Waals surface area contributed by atoms with Crippen LogP contribution >= 0.6 is 0 Å². The fourth-order valence-corrected chi connectivity index (χ4v) is 1.66. The van der Waals surface area contributed by atoms with Crippen LogP contribution in [0.2, 0.25) is 25.7 Å². The molecule has 0 amide bonds. The Morgan fingerprint density at radius 3 is 2.71 bits per heavy atom. The monoisotopic (exact) mass is 214 g/mol. The van der Waals surface area contributed by atoms with Gasteiger partial charge in [0.05, 0.1) is 0 Å². The zero-order chi connectivity index (χ0) is 10.6. The van der Waals surface area contributed by atoms with Crippen molar-refractivity contribution in [3.8, 4) is 0 Å². The Kier molecular flexibility index (Phi) is 3.65. The van der Waals surface area contributed by atoms with Gasteiger partial charge < -0.3 is 10.5 Å². The molecule has 0 saturated carbocycles. The van der Waals surface area contributed by atoms with Crippen molar-refractivity contribution in [1.82, 2.24) is 14.8 Å². The number of nitrogens with two attached hydrogens (primary N) is 1. The van der Waals surface area contributed by atoms with Crippen LogP contribution in [0.5, 0.6) is 0 Å². The van der Waals surface area contributed by atoms with E-state index in [1.807, 2.05) is 0 Å². The summed E-state index contributed by atoms with van der Waals surface area (Å²) in [4.78, 5) is 3.80. The molecule has 0 aliphatic heterocycles. The first-order valence-electron chi connectivity index (χ1n) is 4.70. The fraction of sp³-hybridized carbons (Fsp3) is 0.750. The summed E-state index contributed by atoms with van der Waals surface area (Å²) in [7, 11) is -0.994. The Morgan fingerprint density at radius 2 is 2.21 bits per heavy atom. The van der Waals surface area contributed by atoms with E-state index in [0.717, 1.165) is 12.7 Å². The van der Waals surface area contributed by atoms with Crippen molar-refractivity contribution in [3.05, 3.63) is 6.33 Å². The molecule has 1 aromatic rings. The largest absolute Gasteiger partial charge is 0.368 e. The van der Waals surface area contributed by atoms with Crippen molar-refractivity contribution >= 4 is 14.0 Å². The van der Waals surface area contributed by atoms with Crippen molar-refractivity contribution in [2.45, 2.75) is 32.4 Å². The van der Waals surface area contributed by atoms with Gasteiger partial charge in [-0.15, -0.1) is 0 Å². The maximum atomic E-state index is 5.53. The molecule has 0 fully saturated rings. The second kappa shape index (κ2) is 4.56. The quantitative estimate of drug-likeness (QED) is 0.590. The van der Waals surface area contributed by atoms with Crippen molar-refractivity contribution in [2.75, 3.05) is 12.3 Å². The second-order valence-electron chi connectivity index (χ2n) is 4.47. The molecule has 0 aliphatic carbocycles. The number of nitrogen functional groups attached to an aromatic ring is 1. The third kappa shape index (κ3) is 3.88. The van der Waals surface area contributed by atoms with Gasteiger partial charge in [0, 0.05) is 14.7 Å². The molecule has 0 spiro atoms. The number of rotatable bonds is 5. The van der Waals surface area contributed by atoms with Crippen LogP contribution in [-0.4, -0.2) is 29.4 Å². The van der Waals surface area contributed by atoms with Crippen LogP contribution in [0, 0.1) is 0 Å². The lowest BCUT2D eigenvalue weighted by atomic mass is 10.8. The van der Waals surface area contributed by atoms with Crippen LogP contribution in [0.25, 0.3) is 0 Å². The van der Waals surface area contributed by atoms with E-state index in [0.29, 0.717) is 12.7 Å². The molecule has 80 valence electrons. The second-order valence-corrected chi connectivity index (χ2v) is 10.1. The van der Waals surface area contributed by atoms with Crippen LogP contribution in [0.1, 0.15) is 0 Å². The minimum Gasteiger partial charge on any atom is -0.368 e. The normalized spacial score (nSPS) is 11.9. The topological polar surface area (TPSA) is 66.0 Å². The summed E-state index contributed by atoms with van der Waals surface area (Å²) in [5.74, 6) is 0.401. The van der Waals surface area contributed by atoms with E-state index in [4.69, 9.17) is 10.5 Å². The number of hydrogen-bond donors (Lipinski definition) is 1. The van der Waals surface area contributed by atoms with E-state index in [2.05, 4.69) is 29.7 Å². The Hall–Kier alpha value is -0.883. The highest BCUT2D eigenvalue weighted by Gasteiger charge is 2.12. The van der Waals surface area contributed by atoms with Crippen LogP contribution in [0.4, 0.5) is 5.95 Å². The third-order valence-electron chi connectivity index (χ3n) is 1.86. The average Bonchev–Trinajstić information content (AvgIpc) is 2.44. The Balaban J connectivity index is 2.20. The maximum Gasteiger partial charge on any atom is 0.220 e. The summed E-state index contributed by atoms with van der Waals surface area (Å²) in [6, 6.07) is 1.15. The third-order valence-corrected chi connectivity index (χ3v) is 3.56. The van der Waals surface area contributed by atoms with E-state index in [1.54, 1.807) is 4.68 Å². The number of anilines is 1. The molecule has 1 heterocycles. The van der Waals surface area contributed by atoms with Crippen molar-refractivity contribution in [1.29, 1.82) is 0 Å². The lowest BCUT2D eigenvalue weighted by Gasteiger charge is -2.15. The van der Waals surface area contributed by atoms with E-state index < -0.39 is 8.07 Å². The SMILES string of the molecule is C[Si](C)(C)CCOCn1ncnc1N. The summed E-state index contributed by atoms with van der Waals surface area (Å²) in [5.41, 5.74) is 5.53. The Morgan fingerprint density at radius 1 is 1.50 bits per heavy atom. The number of aromatic nitrogens is 3. The van der Waals surface area contributed by atoms with Crippen LogP contribution in [0.3, 0.4) is 0 Å². The lowest BCUT2D eigenvalue weighted by Crippen LogP contribution is -2.22. The first-order valence-corrected chi connectivity index (χ1v) is 8.41. The molecule has 0 atom stereocenters. The molecule has 6 heteroatoms. The van der Waals surface area contributed by atoms with Crippen LogP contribution < -0.4 is 5.73 Å². The molecule has 0 aromatic carbocycles. The highest BCUT2D eigenvalue weighted by molar-refractivity contribution is 6.76. The van der Waals surface area contributed by atoms with Crippen LogP contribution in [0.15, 0.2) is 6.33 Å². The molecular formula is C8H18N4OSi. The summed E-state index contributed by atoms with van der Waals surface area (Å²) >= 11 is 0. The smallest absolute Gasteiger partial charge is 0.220 e. The molecule has 14 heavy (non-hydrogen) atoms. The minimum absolute atomic E-state index is 0.399. The van der Waals surface area contributed by atoms with Gasteiger partial charge >= 0.3 is 0 Å². The molecule has 0 unspecified atom stereocenters. The molecule has 1 rings (SSSR count). The standard InChI is InChI=1S/C8H18N4OSi/c1-14(2,3)5-4-13-7-12-8(9)10-6-11-12/h6H,4-5,7H2,1-3H3,(H2,9,10,11). The Labute approximate surface area is 85.3 Å². The van der Waals surface area contributed by atoms with Gasteiger partial charge in [-0.2, -0.15) is 10.1 Å². The molecule has 0 aliphatic rings. The van der Waals surface area contributed by atoms with Gasteiger partial charge in [-0.05, 0) is 6.04 Å². The molecule has 0 bridgehead atoms. The Bertz CT molecular complexity index is 281. The van der Waals surface area contributed by atoms with Gasteiger partial charge in [-0.3, -0.25) is 0 Å². The highest BCUT2D eigenvalue weighted by atomic mass is 28.3. The predicted molar refractivity (Wildman–Crippen MR) is 58.5 cm³/mol. The van der Waals surface area contributed by atoms with Gasteiger partial charge in [0.25, 0.3) is 0 Å². The molecular weight excluding hydrogens is 196 g/mol. The van der Waals surface area contributed by atoms with Crippen molar-refractivity contribution in [2.24, 2.45) is 0 Å². The zero-order valence-corrected chi connectivity index (χ0v) is 10.0. The maximum absolute atomic E-state index is 5.53. The van der Waals surface area contributed by atoms with Crippen molar-refractivity contribution < 1.29 is 4.74 Å². The molecule has 0 radical (unpaired) electrons. The highest BCUT2D eigenvalue weighted by Crippen LogP contribution is 2.07. The summed E-state index contributed by atoms with van der Waals surface area (Å²) in [6.07, 6.45) is 1.43. The summed E-state index contributed by atoms with van der Waals surface area (Å²) < 4.78 is 7.00. The number of ether oxygens (including phenoxy) is 1. The first-order chi connectivity index (χ1) is 6.49. The van der Waals surface area contributed by atoms with Crippen LogP contribution in [-0.2, 0) is 11.5 Å². The fourth-order valence-electron chi connectivity index (χ4n) is 0.902. The van der Waals surface area contributed by atoms with Crippen molar-refractivity contribution in [3.63, 3.8) is 0 Å². The first kappa shape index (κ1) is 11.2. The minimum atomic E-state index is -0.994. The summed E-state index contributed by atoms with van der Waals surface area (Å²) in [6.45, 7) is 8.13. The number of nitrogens with zero attached hydrogens (tertiary/aromatic N) is 3. The molecule has 5 nitrogen and oxygen atoms in total. The molecule has 1 aromatic heterocycles. The number of hydrogen-bond acceptors (Lipinski definition) is 4. The van der Waals surface area contributed by atoms with E-state index >= 15 is 0 Å². The van der Waals surface area contributed by atoms with E-state index in [-0.39, 0.29) is 0 Å². The van der Waals surface area contributed by atoms with Gasteiger partial charge in [0.15, 0.2) is 0 Å². The van der Waals surface area contributed by atoms with Gasteiger partial charge in [-0.1, -0.05) is 19.6 Å². The van der Waals surface area contributed by atoms with Gasteiger partial charge in [-0.25, -0.2) is 4.68 Å². The van der Waals surface area contributed by atoms with E-state index in [1.165, 1.54) is 6.33 Å². The zero-order valence-electron chi connectivity index (χ0n) is 9.03. The molecule has 0 saturated heterocycles. The average molecular weight is 214 g/mol. The van der Waals surface area contributed by atoms with Gasteiger partial charge in [0.2, 0.25) is 5.95 Å². The van der Waals surface area contributed by atoms with E-state index in [9.17, 15) is 0 Å². The lowest BCUT2D eigenvalue weighted by molar-refractivity contribution is 0.0800. The molecule has 2 N–H and O–H groups in total. The summed E-state index contributed by atoms with van der Waals surface area (Å²) in [5, 5.41) is 3.92. The predicted octanol–water partition coefficient (Wildman–Crippen LogP) is 1.17.